The van der Waals surface area contributed by atoms with Crippen molar-refractivity contribution in [3.8, 4) is 0 Å². The highest BCUT2D eigenvalue weighted by atomic mass is 16.6. The Morgan fingerprint density at radius 2 is 0.702 bits per heavy atom. The number of carbonyl (C=O) groups is 2. The number of hydrogen-bond acceptors (Lipinski definition) is 10. The summed E-state index contributed by atoms with van der Waals surface area (Å²) in [6.45, 7) is 13.4. The number of ether oxygens (including phenoxy) is 8. The number of unbranched alkanes of at least 4 members (excludes halogenated alkanes) is 14. The Labute approximate surface area is 287 Å². The second kappa shape index (κ2) is 36.0. The molecule has 0 aromatic heterocycles. The standard InChI is InChI=1S/C37H72O10/c1-5-6-7-8-9-10-11-12-13-14-15-16-17-18-19-20-35(38)46-34-33-45-32-31-44-30-29-43-28-27-42-26-25-41-24-23-40-22-21-36(39)47-37(2,3)4/h5-34H2,1-4H3. The molecule has 10 heteroatoms. The summed E-state index contributed by atoms with van der Waals surface area (Å²) in [6, 6.07) is 0. The quantitative estimate of drug-likeness (QED) is 0.0482. The number of esters is 2. The number of rotatable bonds is 37. The van der Waals surface area contributed by atoms with Gasteiger partial charge in [-0.3, -0.25) is 9.59 Å². The van der Waals surface area contributed by atoms with E-state index in [1.807, 2.05) is 20.8 Å². The van der Waals surface area contributed by atoms with Gasteiger partial charge < -0.3 is 37.9 Å². The molecule has 0 aromatic carbocycles. The zero-order valence-corrected chi connectivity index (χ0v) is 30.8. The van der Waals surface area contributed by atoms with Gasteiger partial charge in [-0.15, -0.1) is 0 Å². The Morgan fingerprint density at radius 3 is 1.06 bits per heavy atom. The van der Waals surface area contributed by atoms with Crippen molar-refractivity contribution in [1.29, 1.82) is 0 Å². The van der Waals surface area contributed by atoms with Crippen molar-refractivity contribution in [3.05, 3.63) is 0 Å². The average molecular weight is 677 g/mol. The van der Waals surface area contributed by atoms with Gasteiger partial charge in [0.1, 0.15) is 12.2 Å². The Bertz CT molecular complexity index is 668. The minimum Gasteiger partial charge on any atom is -0.463 e. The van der Waals surface area contributed by atoms with E-state index >= 15 is 0 Å². The van der Waals surface area contributed by atoms with Gasteiger partial charge in [-0.1, -0.05) is 96.8 Å². The molecular formula is C37H72O10. The molecule has 47 heavy (non-hydrogen) atoms. The minimum absolute atomic E-state index is 0.133. The molecule has 0 saturated carbocycles. The Hall–Kier alpha value is -1.30. The summed E-state index contributed by atoms with van der Waals surface area (Å²) in [5.41, 5.74) is -0.472. The lowest BCUT2D eigenvalue weighted by molar-refractivity contribution is -0.156. The van der Waals surface area contributed by atoms with Crippen LogP contribution in [0.4, 0.5) is 0 Å². The molecule has 0 aliphatic rings. The van der Waals surface area contributed by atoms with Crippen LogP contribution in [0.25, 0.3) is 0 Å². The molecule has 0 N–H and O–H groups in total. The van der Waals surface area contributed by atoms with Gasteiger partial charge in [0.25, 0.3) is 0 Å². The highest BCUT2D eigenvalue weighted by molar-refractivity contribution is 5.70. The van der Waals surface area contributed by atoms with Gasteiger partial charge in [-0.2, -0.15) is 0 Å². The zero-order chi connectivity index (χ0) is 34.5. The molecule has 0 rings (SSSR count). The van der Waals surface area contributed by atoms with E-state index in [0.717, 1.165) is 12.8 Å². The fraction of sp³-hybridized carbons (Fsp3) is 0.946. The third-order valence-corrected chi connectivity index (χ3v) is 7.21. The van der Waals surface area contributed by atoms with Gasteiger partial charge in [0.2, 0.25) is 0 Å². The first-order chi connectivity index (χ1) is 22.8. The molecule has 280 valence electrons. The van der Waals surface area contributed by atoms with Crippen molar-refractivity contribution in [2.45, 2.75) is 142 Å². The Kier molecular flexibility index (Phi) is 35.0. The van der Waals surface area contributed by atoms with Gasteiger partial charge in [0, 0.05) is 6.42 Å². The van der Waals surface area contributed by atoms with Gasteiger partial charge in [-0.25, -0.2) is 0 Å². The normalized spacial score (nSPS) is 11.7. The molecule has 0 aliphatic heterocycles. The maximum atomic E-state index is 11.9. The molecular weight excluding hydrogens is 604 g/mol. The van der Waals surface area contributed by atoms with Crippen LogP contribution in [0.3, 0.4) is 0 Å². The van der Waals surface area contributed by atoms with Crippen LogP contribution in [-0.2, 0) is 47.5 Å². The third-order valence-electron chi connectivity index (χ3n) is 7.21. The van der Waals surface area contributed by atoms with Crippen molar-refractivity contribution < 1.29 is 47.5 Å². The van der Waals surface area contributed by atoms with E-state index in [1.54, 1.807) is 0 Å². The summed E-state index contributed by atoms with van der Waals surface area (Å²) in [7, 11) is 0. The molecule has 0 radical (unpaired) electrons. The summed E-state index contributed by atoms with van der Waals surface area (Å²) in [5.74, 6) is -0.396. The average Bonchev–Trinajstić information content (AvgIpc) is 3.02. The summed E-state index contributed by atoms with van der Waals surface area (Å²) < 4.78 is 43.1. The van der Waals surface area contributed by atoms with Crippen LogP contribution in [0.15, 0.2) is 0 Å². The van der Waals surface area contributed by atoms with Crippen molar-refractivity contribution in [2.24, 2.45) is 0 Å². The summed E-state index contributed by atoms with van der Waals surface area (Å²) in [6.07, 6.45) is 20.4. The van der Waals surface area contributed by atoms with E-state index in [9.17, 15) is 9.59 Å². The fourth-order valence-electron chi connectivity index (χ4n) is 4.68. The van der Waals surface area contributed by atoms with Crippen molar-refractivity contribution in [1.82, 2.24) is 0 Å². The molecule has 0 bridgehead atoms. The molecule has 0 atom stereocenters. The predicted molar refractivity (Wildman–Crippen MR) is 186 cm³/mol. The van der Waals surface area contributed by atoms with Gasteiger partial charge >= 0.3 is 11.9 Å². The van der Waals surface area contributed by atoms with E-state index in [1.165, 1.54) is 83.5 Å². The molecule has 0 aromatic rings. The topological polar surface area (TPSA) is 108 Å². The maximum absolute atomic E-state index is 11.9. The van der Waals surface area contributed by atoms with Crippen LogP contribution in [0, 0.1) is 0 Å². The lowest BCUT2D eigenvalue weighted by atomic mass is 10.0. The van der Waals surface area contributed by atoms with Crippen LogP contribution in [0.5, 0.6) is 0 Å². The summed E-state index contributed by atoms with van der Waals surface area (Å²) in [5, 5.41) is 0. The third kappa shape index (κ3) is 40.8. The lowest BCUT2D eigenvalue weighted by Crippen LogP contribution is -2.24. The molecule has 0 spiro atoms. The number of hydrogen-bond donors (Lipinski definition) is 0. The van der Waals surface area contributed by atoms with Gasteiger partial charge in [-0.05, 0) is 27.2 Å². The molecule has 0 aliphatic carbocycles. The molecule has 0 amide bonds. The Morgan fingerprint density at radius 1 is 0.383 bits per heavy atom. The van der Waals surface area contributed by atoms with Crippen molar-refractivity contribution >= 4 is 11.9 Å². The van der Waals surface area contributed by atoms with Gasteiger partial charge in [0.05, 0.1) is 85.7 Å². The smallest absolute Gasteiger partial charge is 0.308 e. The highest BCUT2D eigenvalue weighted by Gasteiger charge is 2.15. The first kappa shape index (κ1) is 45.7. The first-order valence-electron chi connectivity index (χ1n) is 18.7. The summed E-state index contributed by atoms with van der Waals surface area (Å²) >= 11 is 0. The van der Waals surface area contributed by atoms with E-state index in [0.29, 0.717) is 85.7 Å². The van der Waals surface area contributed by atoms with Crippen molar-refractivity contribution in [3.63, 3.8) is 0 Å². The lowest BCUT2D eigenvalue weighted by Gasteiger charge is -2.19. The predicted octanol–water partition coefficient (Wildman–Crippen LogP) is 7.62. The molecule has 0 heterocycles. The summed E-state index contributed by atoms with van der Waals surface area (Å²) in [4.78, 5) is 23.4. The fourth-order valence-corrected chi connectivity index (χ4v) is 4.68. The maximum Gasteiger partial charge on any atom is 0.308 e. The molecule has 10 nitrogen and oxygen atoms in total. The second-order valence-corrected chi connectivity index (χ2v) is 12.9. The van der Waals surface area contributed by atoms with Crippen LogP contribution in [-0.4, -0.2) is 103 Å². The van der Waals surface area contributed by atoms with E-state index in [-0.39, 0.29) is 25.0 Å². The molecule has 0 unspecified atom stereocenters. The van der Waals surface area contributed by atoms with E-state index in [4.69, 9.17) is 37.9 Å². The number of carbonyl (C=O) groups excluding carboxylic acids is 2. The van der Waals surface area contributed by atoms with Crippen molar-refractivity contribution in [2.75, 3.05) is 85.9 Å². The van der Waals surface area contributed by atoms with Crippen LogP contribution >= 0.6 is 0 Å². The van der Waals surface area contributed by atoms with Crippen LogP contribution < -0.4 is 0 Å². The largest absolute Gasteiger partial charge is 0.463 e. The Balaban J connectivity index is 3.19. The minimum atomic E-state index is -0.472. The first-order valence-corrected chi connectivity index (χ1v) is 18.7. The molecule has 0 saturated heterocycles. The molecule has 0 fully saturated rings. The highest BCUT2D eigenvalue weighted by Crippen LogP contribution is 2.14. The van der Waals surface area contributed by atoms with E-state index < -0.39 is 5.60 Å². The van der Waals surface area contributed by atoms with Gasteiger partial charge in [0.15, 0.2) is 0 Å². The van der Waals surface area contributed by atoms with Crippen LogP contribution in [0.1, 0.15) is 137 Å². The second-order valence-electron chi connectivity index (χ2n) is 12.9. The SMILES string of the molecule is CCCCCCCCCCCCCCCCCC(=O)OCCOCCOCCOCCOCCOCCOCCC(=O)OC(C)(C)C. The van der Waals surface area contributed by atoms with Crippen LogP contribution in [0.2, 0.25) is 0 Å². The van der Waals surface area contributed by atoms with E-state index in [2.05, 4.69) is 6.92 Å². The zero-order valence-electron chi connectivity index (χ0n) is 30.8. The monoisotopic (exact) mass is 677 g/mol.